The summed E-state index contributed by atoms with van der Waals surface area (Å²) in [6.45, 7) is 1.29. The molecule has 3 aromatic rings. The molecular formula is C21H17ClN2O5. The Hall–Kier alpha value is -3.32. The zero-order valence-electron chi connectivity index (χ0n) is 15.5. The summed E-state index contributed by atoms with van der Waals surface area (Å²) in [5.41, 5.74) is 1.59. The van der Waals surface area contributed by atoms with E-state index in [-0.39, 0.29) is 18.1 Å². The SMILES string of the molecule is C[C@H]1CC(=O)Nc2ccccc2N1C(=O)COC(=O)c1cc2cc(Cl)ccc2o1. The van der Waals surface area contributed by atoms with Gasteiger partial charge in [0, 0.05) is 22.9 Å². The van der Waals surface area contributed by atoms with E-state index in [0.717, 1.165) is 0 Å². The van der Waals surface area contributed by atoms with Gasteiger partial charge in [-0.2, -0.15) is 0 Å². The molecule has 0 saturated carbocycles. The molecule has 148 valence electrons. The fourth-order valence-corrected chi connectivity index (χ4v) is 3.53. The Morgan fingerprint density at radius 3 is 2.86 bits per heavy atom. The molecule has 7 nitrogen and oxygen atoms in total. The minimum absolute atomic E-state index is 0.0174. The number of rotatable bonds is 3. The number of esters is 1. The van der Waals surface area contributed by atoms with Crippen LogP contribution in [0.5, 0.6) is 0 Å². The molecule has 1 aliphatic heterocycles. The first-order valence-electron chi connectivity index (χ1n) is 8.99. The van der Waals surface area contributed by atoms with Gasteiger partial charge in [-0.3, -0.25) is 9.59 Å². The lowest BCUT2D eigenvalue weighted by atomic mass is 10.1. The summed E-state index contributed by atoms with van der Waals surface area (Å²) in [5.74, 6) is -1.39. The monoisotopic (exact) mass is 412 g/mol. The average Bonchev–Trinajstić information content (AvgIpc) is 3.05. The highest BCUT2D eigenvalue weighted by atomic mass is 35.5. The number of amides is 2. The van der Waals surface area contributed by atoms with E-state index in [1.54, 1.807) is 49.4 Å². The zero-order chi connectivity index (χ0) is 20.5. The summed E-state index contributed by atoms with van der Waals surface area (Å²) in [4.78, 5) is 38.7. The molecule has 1 atom stereocenters. The van der Waals surface area contributed by atoms with Crippen LogP contribution < -0.4 is 10.2 Å². The number of fused-ring (bicyclic) bond motifs is 2. The van der Waals surface area contributed by atoms with Crippen LogP contribution in [0, 0.1) is 0 Å². The molecule has 4 rings (SSSR count). The number of nitrogens with one attached hydrogen (secondary N) is 1. The van der Waals surface area contributed by atoms with Crippen molar-refractivity contribution in [2.24, 2.45) is 0 Å². The largest absolute Gasteiger partial charge is 0.450 e. The van der Waals surface area contributed by atoms with Gasteiger partial charge in [0.2, 0.25) is 11.7 Å². The number of nitrogens with zero attached hydrogens (tertiary/aromatic N) is 1. The van der Waals surface area contributed by atoms with E-state index in [1.807, 2.05) is 0 Å². The van der Waals surface area contributed by atoms with Crippen molar-refractivity contribution in [1.82, 2.24) is 0 Å². The van der Waals surface area contributed by atoms with Crippen LogP contribution in [-0.2, 0) is 14.3 Å². The quantitative estimate of drug-likeness (QED) is 0.656. The van der Waals surface area contributed by atoms with Gasteiger partial charge < -0.3 is 19.4 Å². The van der Waals surface area contributed by atoms with Crippen molar-refractivity contribution < 1.29 is 23.5 Å². The number of ether oxygens (including phenoxy) is 1. The molecule has 0 radical (unpaired) electrons. The van der Waals surface area contributed by atoms with Crippen molar-refractivity contribution in [2.75, 3.05) is 16.8 Å². The maximum Gasteiger partial charge on any atom is 0.374 e. The van der Waals surface area contributed by atoms with Crippen molar-refractivity contribution >= 4 is 51.7 Å². The third-order valence-corrected chi connectivity index (χ3v) is 4.87. The van der Waals surface area contributed by atoms with E-state index >= 15 is 0 Å². The highest BCUT2D eigenvalue weighted by Crippen LogP contribution is 2.31. The molecular weight excluding hydrogens is 396 g/mol. The first-order valence-corrected chi connectivity index (χ1v) is 9.37. The van der Waals surface area contributed by atoms with Crippen molar-refractivity contribution in [3.8, 4) is 0 Å². The molecule has 0 spiro atoms. The Morgan fingerprint density at radius 1 is 1.24 bits per heavy atom. The van der Waals surface area contributed by atoms with Crippen molar-refractivity contribution in [2.45, 2.75) is 19.4 Å². The van der Waals surface area contributed by atoms with Crippen LogP contribution in [0.25, 0.3) is 11.0 Å². The average molecular weight is 413 g/mol. The summed E-state index contributed by atoms with van der Waals surface area (Å²) < 4.78 is 10.6. The van der Waals surface area contributed by atoms with E-state index in [2.05, 4.69) is 5.32 Å². The minimum Gasteiger partial charge on any atom is -0.450 e. The summed E-state index contributed by atoms with van der Waals surface area (Å²) in [6, 6.07) is 13.1. The fourth-order valence-electron chi connectivity index (χ4n) is 3.35. The zero-order valence-corrected chi connectivity index (χ0v) is 16.2. The van der Waals surface area contributed by atoms with Gasteiger partial charge >= 0.3 is 5.97 Å². The normalized spacial score (nSPS) is 16.1. The number of carbonyl (C=O) groups excluding carboxylic acids is 3. The predicted molar refractivity (Wildman–Crippen MR) is 108 cm³/mol. The number of halogens is 1. The van der Waals surface area contributed by atoms with E-state index in [9.17, 15) is 14.4 Å². The highest BCUT2D eigenvalue weighted by Gasteiger charge is 2.30. The van der Waals surface area contributed by atoms with Crippen molar-refractivity contribution in [3.63, 3.8) is 0 Å². The van der Waals surface area contributed by atoms with Crippen LogP contribution >= 0.6 is 11.6 Å². The molecule has 29 heavy (non-hydrogen) atoms. The number of hydrogen-bond donors (Lipinski definition) is 1. The van der Waals surface area contributed by atoms with Crippen LogP contribution in [-0.4, -0.2) is 30.4 Å². The van der Waals surface area contributed by atoms with Gasteiger partial charge in [0.1, 0.15) is 5.58 Å². The van der Waals surface area contributed by atoms with Crippen LogP contribution in [0.1, 0.15) is 23.9 Å². The number of furan rings is 1. The maximum absolute atomic E-state index is 12.8. The molecule has 1 aliphatic rings. The van der Waals surface area contributed by atoms with E-state index in [0.29, 0.717) is 27.4 Å². The summed E-state index contributed by atoms with van der Waals surface area (Å²) >= 11 is 5.94. The van der Waals surface area contributed by atoms with Gasteiger partial charge in [0.05, 0.1) is 11.4 Å². The van der Waals surface area contributed by atoms with Crippen LogP contribution in [0.3, 0.4) is 0 Å². The third-order valence-electron chi connectivity index (χ3n) is 4.63. The molecule has 0 unspecified atom stereocenters. The smallest absolute Gasteiger partial charge is 0.374 e. The minimum atomic E-state index is -0.754. The molecule has 2 aromatic carbocycles. The van der Waals surface area contributed by atoms with E-state index in [4.69, 9.17) is 20.8 Å². The van der Waals surface area contributed by atoms with Gasteiger partial charge in [-0.15, -0.1) is 0 Å². The van der Waals surface area contributed by atoms with Crippen LogP contribution in [0.4, 0.5) is 11.4 Å². The second-order valence-electron chi connectivity index (χ2n) is 6.75. The van der Waals surface area contributed by atoms with Crippen molar-refractivity contribution in [1.29, 1.82) is 0 Å². The summed E-state index contributed by atoms with van der Waals surface area (Å²) in [7, 11) is 0. The molecule has 1 N–H and O–H groups in total. The Balaban J connectivity index is 1.51. The molecule has 8 heteroatoms. The summed E-state index contributed by atoms with van der Waals surface area (Å²) in [6.07, 6.45) is 0.138. The second-order valence-corrected chi connectivity index (χ2v) is 7.19. The third kappa shape index (κ3) is 3.82. The lowest BCUT2D eigenvalue weighted by Crippen LogP contribution is -2.41. The number of anilines is 2. The van der Waals surface area contributed by atoms with Gasteiger partial charge in [-0.25, -0.2) is 4.79 Å². The molecule has 0 aliphatic carbocycles. The van der Waals surface area contributed by atoms with Crippen LogP contribution in [0.2, 0.25) is 5.02 Å². The number of para-hydroxylation sites is 2. The molecule has 2 heterocycles. The van der Waals surface area contributed by atoms with Crippen molar-refractivity contribution in [3.05, 3.63) is 59.3 Å². The van der Waals surface area contributed by atoms with E-state index < -0.39 is 24.5 Å². The van der Waals surface area contributed by atoms with Gasteiger partial charge in [-0.1, -0.05) is 23.7 Å². The maximum atomic E-state index is 12.8. The molecule has 2 amide bonds. The van der Waals surface area contributed by atoms with E-state index in [1.165, 1.54) is 11.0 Å². The number of hydrogen-bond acceptors (Lipinski definition) is 5. The first-order chi connectivity index (χ1) is 13.9. The second kappa shape index (κ2) is 7.60. The van der Waals surface area contributed by atoms with Gasteiger partial charge in [0.25, 0.3) is 5.91 Å². The standard InChI is InChI=1S/C21H17ClN2O5/c1-12-8-19(25)23-15-4-2-3-5-16(15)24(12)20(26)11-28-21(27)18-10-13-9-14(22)6-7-17(13)29-18/h2-7,9-10,12H,8,11H2,1H3,(H,23,25)/t12-/m0/s1. The summed E-state index contributed by atoms with van der Waals surface area (Å²) in [5, 5.41) is 3.96. The lowest BCUT2D eigenvalue weighted by Gasteiger charge is -2.27. The Bertz CT molecular complexity index is 1120. The highest BCUT2D eigenvalue weighted by molar-refractivity contribution is 6.31. The lowest BCUT2D eigenvalue weighted by molar-refractivity contribution is -0.122. The Morgan fingerprint density at radius 2 is 2.03 bits per heavy atom. The Kier molecular flexibility index (Phi) is 4.98. The first kappa shape index (κ1) is 19.0. The topological polar surface area (TPSA) is 88.9 Å². The molecule has 0 saturated heterocycles. The van der Waals surface area contributed by atoms with Gasteiger partial charge in [0.15, 0.2) is 6.61 Å². The molecule has 0 fully saturated rings. The number of carbonyl (C=O) groups is 3. The molecule has 0 bridgehead atoms. The van der Waals surface area contributed by atoms with Crippen LogP contribution in [0.15, 0.2) is 52.9 Å². The fraction of sp³-hybridized carbons (Fsp3) is 0.190. The number of benzene rings is 2. The molecule has 1 aromatic heterocycles. The Labute approximate surface area is 171 Å². The predicted octanol–water partition coefficient (Wildman–Crippen LogP) is 4.01. The van der Waals surface area contributed by atoms with Gasteiger partial charge in [-0.05, 0) is 43.3 Å².